The van der Waals surface area contributed by atoms with E-state index < -0.39 is 0 Å². The van der Waals surface area contributed by atoms with E-state index in [4.69, 9.17) is 9.26 Å². The minimum Gasteiger partial charge on any atom is -0.496 e. The van der Waals surface area contributed by atoms with Gasteiger partial charge in [-0.3, -0.25) is 4.90 Å². The van der Waals surface area contributed by atoms with Crippen molar-refractivity contribution in [1.82, 2.24) is 20.4 Å². The highest BCUT2D eigenvalue weighted by Crippen LogP contribution is 2.18. The first-order chi connectivity index (χ1) is 12.2. The Kier molecular flexibility index (Phi) is 6.19. The molecule has 0 radical (unpaired) electrons. The van der Waals surface area contributed by atoms with E-state index in [1.807, 2.05) is 25.1 Å². The van der Waals surface area contributed by atoms with Crippen molar-refractivity contribution in [2.24, 2.45) is 0 Å². The second kappa shape index (κ2) is 8.78. The molecular weight excluding hydrogens is 316 g/mol. The normalized spacial score (nSPS) is 18.7. The van der Waals surface area contributed by atoms with Gasteiger partial charge < -0.3 is 14.6 Å². The number of hydrogen-bond acceptors (Lipinski definition) is 6. The summed E-state index contributed by atoms with van der Waals surface area (Å²) in [5.74, 6) is 2.30. The molecule has 3 rings (SSSR count). The summed E-state index contributed by atoms with van der Waals surface area (Å²) in [5.41, 5.74) is 1.10. The number of benzene rings is 1. The van der Waals surface area contributed by atoms with Gasteiger partial charge in [-0.15, -0.1) is 0 Å². The maximum absolute atomic E-state index is 5.37. The van der Waals surface area contributed by atoms with Crippen LogP contribution in [0.15, 0.2) is 34.9 Å². The van der Waals surface area contributed by atoms with Crippen LogP contribution in [0.25, 0.3) is 6.08 Å². The zero-order valence-electron chi connectivity index (χ0n) is 14.9. The van der Waals surface area contributed by atoms with Crippen molar-refractivity contribution in [3.8, 4) is 5.75 Å². The Balaban J connectivity index is 1.45. The van der Waals surface area contributed by atoms with Crippen LogP contribution in [0.3, 0.4) is 0 Å². The van der Waals surface area contributed by atoms with Crippen molar-refractivity contribution in [2.45, 2.75) is 32.4 Å². The number of ether oxygens (including phenoxy) is 1. The van der Waals surface area contributed by atoms with Crippen LogP contribution in [0.4, 0.5) is 0 Å². The minimum atomic E-state index is 0.490. The second-order valence-corrected chi connectivity index (χ2v) is 6.36. The molecule has 2 aromatic rings. The van der Waals surface area contributed by atoms with Crippen LogP contribution < -0.4 is 10.1 Å². The fourth-order valence-electron chi connectivity index (χ4n) is 3.20. The van der Waals surface area contributed by atoms with E-state index in [0.29, 0.717) is 11.9 Å². The summed E-state index contributed by atoms with van der Waals surface area (Å²) in [7, 11) is 1.70. The number of methoxy groups -OCH3 is 1. The van der Waals surface area contributed by atoms with E-state index in [-0.39, 0.29) is 0 Å². The number of hydrogen-bond donors (Lipinski definition) is 1. The number of aryl methyl sites for hydroxylation is 1. The van der Waals surface area contributed by atoms with Crippen LogP contribution in [-0.4, -0.2) is 47.8 Å². The molecule has 6 nitrogen and oxygen atoms in total. The van der Waals surface area contributed by atoms with E-state index >= 15 is 0 Å². The zero-order valence-corrected chi connectivity index (χ0v) is 14.9. The van der Waals surface area contributed by atoms with Crippen LogP contribution in [0.1, 0.15) is 30.1 Å². The van der Waals surface area contributed by atoms with Crippen LogP contribution >= 0.6 is 0 Å². The summed E-state index contributed by atoms with van der Waals surface area (Å²) in [6, 6.07) is 8.53. The molecule has 0 aliphatic carbocycles. The summed E-state index contributed by atoms with van der Waals surface area (Å²) in [6.45, 7) is 5.52. The number of para-hydroxylation sites is 1. The minimum absolute atomic E-state index is 0.490. The van der Waals surface area contributed by atoms with Crippen LogP contribution in [0.2, 0.25) is 0 Å². The van der Waals surface area contributed by atoms with Crippen molar-refractivity contribution >= 4 is 6.08 Å². The molecule has 0 spiro atoms. The van der Waals surface area contributed by atoms with Crippen molar-refractivity contribution < 1.29 is 9.26 Å². The topological polar surface area (TPSA) is 63.4 Å². The first-order valence-corrected chi connectivity index (χ1v) is 8.79. The van der Waals surface area contributed by atoms with E-state index in [9.17, 15) is 0 Å². The summed E-state index contributed by atoms with van der Waals surface area (Å²) < 4.78 is 10.4. The monoisotopic (exact) mass is 342 g/mol. The number of nitrogens with zero attached hydrogens (tertiary/aromatic N) is 3. The third-order valence-electron chi connectivity index (χ3n) is 4.40. The lowest BCUT2D eigenvalue weighted by Crippen LogP contribution is -2.45. The molecule has 1 aliphatic heterocycles. The highest BCUT2D eigenvalue weighted by Gasteiger charge is 2.20. The molecule has 1 aliphatic rings. The Labute approximate surface area is 148 Å². The van der Waals surface area contributed by atoms with Gasteiger partial charge >= 0.3 is 0 Å². The Morgan fingerprint density at radius 1 is 1.40 bits per heavy atom. The predicted octanol–water partition coefficient (Wildman–Crippen LogP) is 2.65. The van der Waals surface area contributed by atoms with E-state index in [0.717, 1.165) is 43.3 Å². The number of likely N-dealkylation sites (tertiary alicyclic amines) is 1. The van der Waals surface area contributed by atoms with Gasteiger partial charge in [-0.2, -0.15) is 4.98 Å². The van der Waals surface area contributed by atoms with Crippen molar-refractivity contribution in [3.63, 3.8) is 0 Å². The van der Waals surface area contributed by atoms with Gasteiger partial charge in [0.15, 0.2) is 5.82 Å². The largest absolute Gasteiger partial charge is 0.496 e. The lowest BCUT2D eigenvalue weighted by atomic mass is 10.1. The van der Waals surface area contributed by atoms with Gasteiger partial charge in [-0.1, -0.05) is 35.5 Å². The number of rotatable bonds is 7. The highest BCUT2D eigenvalue weighted by molar-refractivity contribution is 5.57. The maximum Gasteiger partial charge on any atom is 0.223 e. The molecule has 1 aromatic heterocycles. The molecule has 0 bridgehead atoms. The lowest BCUT2D eigenvalue weighted by molar-refractivity contribution is 0.180. The summed E-state index contributed by atoms with van der Waals surface area (Å²) in [4.78, 5) is 6.68. The van der Waals surface area contributed by atoms with Gasteiger partial charge in [-0.05, 0) is 25.5 Å². The number of piperidine rings is 1. The smallest absolute Gasteiger partial charge is 0.223 e. The third-order valence-corrected chi connectivity index (χ3v) is 4.40. The molecule has 2 heterocycles. The molecule has 1 saturated heterocycles. The standard InChI is InChI=1S/C19H26N4O2/c1-15-21-19(22-25-15)14-23-12-6-9-17(13-23)20-11-5-8-16-7-3-4-10-18(16)24-2/h3-5,7-8,10,17,20H,6,9,11-14H2,1-2H3/b8-5+/t17-/m1/s1. The molecule has 134 valence electrons. The average Bonchev–Trinajstić information content (AvgIpc) is 3.04. The fourth-order valence-corrected chi connectivity index (χ4v) is 3.20. The van der Waals surface area contributed by atoms with Crippen LogP contribution in [0, 0.1) is 6.92 Å². The van der Waals surface area contributed by atoms with Gasteiger partial charge in [0.2, 0.25) is 5.89 Å². The second-order valence-electron chi connectivity index (χ2n) is 6.36. The quantitative estimate of drug-likeness (QED) is 0.835. The molecule has 1 fully saturated rings. The molecule has 1 N–H and O–H groups in total. The molecule has 1 aromatic carbocycles. The fraction of sp³-hybridized carbons (Fsp3) is 0.474. The van der Waals surface area contributed by atoms with Gasteiger partial charge in [0, 0.05) is 31.6 Å². The van der Waals surface area contributed by atoms with Crippen molar-refractivity contribution in [1.29, 1.82) is 0 Å². The molecule has 0 unspecified atom stereocenters. The maximum atomic E-state index is 5.37. The van der Waals surface area contributed by atoms with E-state index in [1.165, 1.54) is 12.8 Å². The van der Waals surface area contributed by atoms with Gasteiger partial charge in [0.25, 0.3) is 0 Å². The molecular formula is C19H26N4O2. The molecule has 6 heteroatoms. The SMILES string of the molecule is COc1ccccc1/C=C/CN[C@@H]1CCCN(Cc2noc(C)n2)C1. The summed E-state index contributed by atoms with van der Waals surface area (Å²) in [6.07, 6.45) is 6.64. The zero-order chi connectivity index (χ0) is 17.5. The first-order valence-electron chi connectivity index (χ1n) is 8.79. The van der Waals surface area contributed by atoms with Crippen molar-refractivity contribution in [3.05, 3.63) is 47.6 Å². The number of nitrogens with one attached hydrogen (secondary N) is 1. The van der Waals surface area contributed by atoms with Gasteiger partial charge in [0.05, 0.1) is 13.7 Å². The van der Waals surface area contributed by atoms with Crippen LogP contribution in [0.5, 0.6) is 5.75 Å². The number of aromatic nitrogens is 2. The Bertz CT molecular complexity index is 698. The van der Waals surface area contributed by atoms with Crippen LogP contribution in [-0.2, 0) is 6.54 Å². The predicted molar refractivity (Wildman–Crippen MR) is 97.4 cm³/mol. The third kappa shape index (κ3) is 5.14. The van der Waals surface area contributed by atoms with Crippen molar-refractivity contribution in [2.75, 3.05) is 26.7 Å². The Morgan fingerprint density at radius 3 is 3.08 bits per heavy atom. The molecule has 0 amide bonds. The molecule has 25 heavy (non-hydrogen) atoms. The van der Waals surface area contributed by atoms with E-state index in [1.54, 1.807) is 7.11 Å². The Morgan fingerprint density at radius 2 is 2.28 bits per heavy atom. The molecule has 1 atom stereocenters. The highest BCUT2D eigenvalue weighted by atomic mass is 16.5. The lowest BCUT2D eigenvalue weighted by Gasteiger charge is -2.32. The first kappa shape index (κ1) is 17.6. The van der Waals surface area contributed by atoms with E-state index in [2.05, 4.69) is 38.6 Å². The van der Waals surface area contributed by atoms with Gasteiger partial charge in [0.1, 0.15) is 5.75 Å². The summed E-state index contributed by atoms with van der Waals surface area (Å²) >= 11 is 0. The Hall–Kier alpha value is -2.18. The van der Waals surface area contributed by atoms with Gasteiger partial charge in [-0.25, -0.2) is 0 Å². The summed E-state index contributed by atoms with van der Waals surface area (Å²) in [5, 5.41) is 7.61. The average molecular weight is 342 g/mol. The molecule has 0 saturated carbocycles.